The molecule has 0 aliphatic heterocycles. The number of carbonyl (C=O) groups excluding carboxylic acids is 1. The van der Waals surface area contributed by atoms with E-state index in [2.05, 4.69) is 31.3 Å². The first kappa shape index (κ1) is 30.4. The van der Waals surface area contributed by atoms with Crippen LogP contribution in [0.1, 0.15) is 11.1 Å². The van der Waals surface area contributed by atoms with Crippen molar-refractivity contribution < 1.29 is 31.8 Å². The molecular formula is C31H21BrF4N4O4. The van der Waals surface area contributed by atoms with E-state index in [9.17, 15) is 27.2 Å². The normalized spacial score (nSPS) is 11.6. The monoisotopic (exact) mass is 668 g/mol. The largest absolute Gasteiger partial charge is 0.493 e. The summed E-state index contributed by atoms with van der Waals surface area (Å²) in [7, 11) is 1.37. The zero-order chi connectivity index (χ0) is 31.4. The van der Waals surface area contributed by atoms with E-state index in [1.165, 1.54) is 55.8 Å². The van der Waals surface area contributed by atoms with Crippen molar-refractivity contribution in [3.63, 3.8) is 0 Å². The molecule has 224 valence electrons. The minimum Gasteiger partial charge on any atom is -0.493 e. The molecule has 8 nitrogen and oxygen atoms in total. The molecule has 1 aromatic heterocycles. The highest BCUT2D eigenvalue weighted by molar-refractivity contribution is 9.10. The van der Waals surface area contributed by atoms with Gasteiger partial charge >= 0.3 is 6.18 Å². The van der Waals surface area contributed by atoms with E-state index < -0.39 is 35.6 Å². The molecule has 44 heavy (non-hydrogen) atoms. The molecule has 0 bridgehead atoms. The van der Waals surface area contributed by atoms with Crippen LogP contribution in [0.15, 0.2) is 99.3 Å². The number of hydrogen-bond donors (Lipinski definition) is 1. The van der Waals surface area contributed by atoms with Crippen LogP contribution in [0.4, 0.5) is 23.2 Å². The predicted octanol–water partition coefficient (Wildman–Crippen LogP) is 6.89. The number of ether oxygens (including phenoxy) is 2. The van der Waals surface area contributed by atoms with Crippen molar-refractivity contribution in [3.05, 3.63) is 117 Å². The number of nitrogens with zero attached hydrogens (tertiary/aromatic N) is 3. The summed E-state index contributed by atoms with van der Waals surface area (Å²) < 4.78 is 66.6. The van der Waals surface area contributed by atoms with Gasteiger partial charge in [0.05, 0.1) is 35.5 Å². The number of methoxy groups -OCH3 is 1. The quantitative estimate of drug-likeness (QED) is 0.144. The first-order valence-corrected chi connectivity index (χ1v) is 13.6. The summed E-state index contributed by atoms with van der Waals surface area (Å²) in [5, 5.41) is 6.93. The van der Waals surface area contributed by atoms with Gasteiger partial charge in [-0.05, 0) is 64.5 Å². The fourth-order valence-corrected chi connectivity index (χ4v) is 4.61. The third-order valence-electron chi connectivity index (χ3n) is 6.30. The molecule has 0 aliphatic rings. The second kappa shape index (κ2) is 12.7. The number of para-hydroxylation sites is 2. The minimum absolute atomic E-state index is 0.00345. The van der Waals surface area contributed by atoms with Crippen LogP contribution in [-0.4, -0.2) is 35.5 Å². The number of anilines is 1. The first-order chi connectivity index (χ1) is 21.0. The third kappa shape index (κ3) is 6.62. The van der Waals surface area contributed by atoms with Gasteiger partial charge in [-0.3, -0.25) is 9.59 Å². The summed E-state index contributed by atoms with van der Waals surface area (Å²) in [5.74, 6) is -0.921. The van der Waals surface area contributed by atoms with Gasteiger partial charge in [-0.1, -0.05) is 36.4 Å². The molecule has 5 aromatic rings. The maximum absolute atomic E-state index is 13.8. The van der Waals surface area contributed by atoms with Crippen LogP contribution in [0.3, 0.4) is 0 Å². The molecule has 1 amide bonds. The molecule has 0 radical (unpaired) electrons. The van der Waals surface area contributed by atoms with Crippen molar-refractivity contribution >= 4 is 44.6 Å². The minimum atomic E-state index is -4.61. The number of benzene rings is 4. The lowest BCUT2D eigenvalue weighted by atomic mass is 10.1. The molecule has 0 saturated carbocycles. The smallest absolute Gasteiger partial charge is 0.416 e. The van der Waals surface area contributed by atoms with Crippen LogP contribution in [0.2, 0.25) is 0 Å². The number of nitrogens with one attached hydrogen (secondary N) is 1. The Bertz CT molecular complexity index is 1960. The molecule has 0 saturated heterocycles. The molecule has 0 spiro atoms. The van der Waals surface area contributed by atoms with E-state index in [0.29, 0.717) is 15.6 Å². The predicted molar refractivity (Wildman–Crippen MR) is 161 cm³/mol. The van der Waals surface area contributed by atoms with Crippen LogP contribution in [0, 0.1) is 5.82 Å². The zero-order valence-corrected chi connectivity index (χ0v) is 24.3. The van der Waals surface area contributed by atoms with Gasteiger partial charge in [-0.2, -0.15) is 22.9 Å². The van der Waals surface area contributed by atoms with Crippen molar-refractivity contribution in [1.29, 1.82) is 0 Å². The Kier molecular flexibility index (Phi) is 8.76. The van der Waals surface area contributed by atoms with Gasteiger partial charge < -0.3 is 14.8 Å². The summed E-state index contributed by atoms with van der Waals surface area (Å²) >= 11 is 3.40. The second-order valence-electron chi connectivity index (χ2n) is 9.23. The van der Waals surface area contributed by atoms with Crippen LogP contribution in [0.5, 0.6) is 11.5 Å². The van der Waals surface area contributed by atoms with E-state index in [1.54, 1.807) is 30.3 Å². The lowest BCUT2D eigenvalue weighted by molar-refractivity contribution is -0.137. The Morgan fingerprint density at radius 2 is 1.77 bits per heavy atom. The van der Waals surface area contributed by atoms with Gasteiger partial charge in [0.1, 0.15) is 5.82 Å². The van der Waals surface area contributed by atoms with Gasteiger partial charge in [0, 0.05) is 15.6 Å². The standard InChI is InChI=1S/C31H21BrF4N4O4/c1-43-26-14-19(22(32)15-27(26)44-17-28(41)38-25-12-5-3-10-23(25)33)16-37-40-29(18-7-6-8-20(13-18)31(34,35)36)39-24-11-4-2-9-21(24)30(40)42/h2-16H,17H2,1H3,(H,38,41). The highest BCUT2D eigenvalue weighted by Gasteiger charge is 2.31. The van der Waals surface area contributed by atoms with Crippen LogP contribution >= 0.6 is 15.9 Å². The molecule has 1 heterocycles. The van der Waals surface area contributed by atoms with E-state index >= 15 is 0 Å². The fraction of sp³-hybridized carbons (Fsp3) is 0.0968. The van der Waals surface area contributed by atoms with E-state index in [4.69, 9.17) is 9.47 Å². The van der Waals surface area contributed by atoms with Crippen molar-refractivity contribution in [2.45, 2.75) is 6.18 Å². The summed E-state index contributed by atoms with van der Waals surface area (Å²) in [6.45, 7) is -0.455. The maximum atomic E-state index is 13.8. The highest BCUT2D eigenvalue weighted by atomic mass is 79.9. The topological polar surface area (TPSA) is 94.8 Å². The summed E-state index contributed by atoms with van der Waals surface area (Å²) in [4.78, 5) is 30.2. The number of fused-ring (bicyclic) bond motifs is 1. The van der Waals surface area contributed by atoms with Crippen LogP contribution < -0.4 is 20.3 Å². The zero-order valence-electron chi connectivity index (χ0n) is 22.7. The second-order valence-corrected chi connectivity index (χ2v) is 10.1. The molecule has 4 aromatic carbocycles. The molecule has 0 fully saturated rings. The van der Waals surface area contributed by atoms with Crippen LogP contribution in [-0.2, 0) is 11.0 Å². The van der Waals surface area contributed by atoms with Crippen molar-refractivity contribution in [1.82, 2.24) is 9.66 Å². The lowest BCUT2D eigenvalue weighted by Crippen LogP contribution is -2.21. The first-order valence-electron chi connectivity index (χ1n) is 12.8. The average Bonchev–Trinajstić information content (AvgIpc) is 3.01. The van der Waals surface area contributed by atoms with E-state index in [1.807, 2.05) is 0 Å². The average molecular weight is 669 g/mol. The third-order valence-corrected chi connectivity index (χ3v) is 6.99. The summed E-state index contributed by atoms with van der Waals surface area (Å²) in [5.41, 5.74) is -0.765. The van der Waals surface area contributed by atoms with Gasteiger partial charge in [0.25, 0.3) is 11.5 Å². The van der Waals surface area contributed by atoms with E-state index in [0.717, 1.165) is 16.8 Å². The summed E-state index contributed by atoms with van der Waals surface area (Å²) in [6, 6.07) is 19.6. The Hall–Kier alpha value is -5.04. The Balaban J connectivity index is 1.47. The van der Waals surface area contributed by atoms with Crippen molar-refractivity contribution in [2.24, 2.45) is 5.10 Å². The number of aromatic nitrogens is 2. The molecule has 13 heteroatoms. The molecule has 0 atom stereocenters. The Labute approximate surface area is 255 Å². The number of carbonyl (C=O) groups is 1. The molecule has 0 aliphatic carbocycles. The van der Waals surface area contributed by atoms with Crippen molar-refractivity contribution in [3.8, 4) is 22.9 Å². The number of amides is 1. The Morgan fingerprint density at radius 3 is 2.52 bits per heavy atom. The lowest BCUT2D eigenvalue weighted by Gasteiger charge is -2.14. The van der Waals surface area contributed by atoms with Gasteiger partial charge in [-0.25, -0.2) is 9.37 Å². The molecule has 5 rings (SSSR count). The summed E-state index contributed by atoms with van der Waals surface area (Å²) in [6.07, 6.45) is -3.30. The van der Waals surface area contributed by atoms with Gasteiger partial charge in [0.2, 0.25) is 0 Å². The SMILES string of the molecule is COc1cc(C=Nn2c(-c3cccc(C(F)(F)F)c3)nc3ccccc3c2=O)c(Br)cc1OCC(=O)Nc1ccccc1F. The van der Waals surface area contributed by atoms with Crippen LogP contribution in [0.25, 0.3) is 22.3 Å². The number of rotatable bonds is 8. The fourth-order valence-electron chi connectivity index (χ4n) is 4.19. The number of alkyl halides is 3. The van der Waals surface area contributed by atoms with Crippen molar-refractivity contribution in [2.75, 3.05) is 19.0 Å². The molecule has 0 unspecified atom stereocenters. The maximum Gasteiger partial charge on any atom is 0.416 e. The number of halogens is 5. The van der Waals surface area contributed by atoms with Gasteiger partial charge in [-0.15, -0.1) is 0 Å². The van der Waals surface area contributed by atoms with E-state index in [-0.39, 0.29) is 34.0 Å². The molecule has 1 N–H and O–H groups in total. The number of hydrogen-bond acceptors (Lipinski definition) is 6. The Morgan fingerprint density at radius 1 is 1.02 bits per heavy atom. The van der Waals surface area contributed by atoms with Gasteiger partial charge in [0.15, 0.2) is 23.9 Å². The highest BCUT2D eigenvalue weighted by Crippen LogP contribution is 2.34. The molecular weight excluding hydrogens is 648 g/mol.